The summed E-state index contributed by atoms with van der Waals surface area (Å²) in [5.74, 6) is 0. The summed E-state index contributed by atoms with van der Waals surface area (Å²) in [6.45, 7) is 4.05. The monoisotopic (exact) mass is 358 g/mol. The molecule has 0 saturated carbocycles. The van der Waals surface area contributed by atoms with Crippen LogP contribution in [0.5, 0.6) is 0 Å². The third-order valence-electron chi connectivity index (χ3n) is 4.96. The molecule has 0 spiro atoms. The van der Waals surface area contributed by atoms with E-state index in [4.69, 9.17) is 0 Å². The van der Waals surface area contributed by atoms with Crippen molar-refractivity contribution in [3.05, 3.63) is 59.4 Å². The minimum absolute atomic E-state index is 0.391. The molecule has 1 aromatic carbocycles. The van der Waals surface area contributed by atoms with Crippen LogP contribution in [0, 0.1) is 6.92 Å². The molecule has 0 amide bonds. The average molecular weight is 359 g/mol. The van der Waals surface area contributed by atoms with Gasteiger partial charge in [-0.1, -0.05) is 12.1 Å². The van der Waals surface area contributed by atoms with Crippen molar-refractivity contribution in [2.75, 3.05) is 12.8 Å². The summed E-state index contributed by atoms with van der Waals surface area (Å²) < 4.78 is 23.1. The van der Waals surface area contributed by atoms with Crippen LogP contribution >= 0.6 is 0 Å². The Bertz CT molecular complexity index is 816. The fraction of sp³-hybridized carbons (Fsp3) is 0.450. The number of aromatic nitrogens is 1. The van der Waals surface area contributed by atoms with Crippen molar-refractivity contribution in [3.63, 3.8) is 0 Å². The molecule has 134 valence electrons. The van der Waals surface area contributed by atoms with Crippen molar-refractivity contribution in [2.24, 2.45) is 0 Å². The van der Waals surface area contributed by atoms with Crippen molar-refractivity contribution in [2.45, 2.75) is 50.1 Å². The summed E-state index contributed by atoms with van der Waals surface area (Å²) in [6.07, 6.45) is 7.86. The van der Waals surface area contributed by atoms with Gasteiger partial charge in [-0.2, -0.15) is 0 Å². The Morgan fingerprint density at radius 2 is 1.92 bits per heavy atom. The Hall–Kier alpha value is -1.72. The minimum Gasteiger partial charge on any atom is -0.296 e. The first kappa shape index (κ1) is 18.1. The summed E-state index contributed by atoms with van der Waals surface area (Å²) in [7, 11) is -3.12. The van der Waals surface area contributed by atoms with Crippen molar-refractivity contribution >= 4 is 9.84 Å². The Balaban J connectivity index is 1.60. The summed E-state index contributed by atoms with van der Waals surface area (Å²) in [5.41, 5.74) is 3.61. The number of pyridine rings is 1. The van der Waals surface area contributed by atoms with E-state index in [1.807, 2.05) is 25.3 Å². The van der Waals surface area contributed by atoms with Gasteiger partial charge in [-0.3, -0.25) is 9.88 Å². The van der Waals surface area contributed by atoms with Crippen molar-refractivity contribution in [3.8, 4) is 0 Å². The van der Waals surface area contributed by atoms with E-state index >= 15 is 0 Å². The van der Waals surface area contributed by atoms with Gasteiger partial charge in [-0.05, 0) is 74.5 Å². The van der Waals surface area contributed by atoms with Crippen LogP contribution in [0.3, 0.4) is 0 Å². The molecule has 1 fully saturated rings. The van der Waals surface area contributed by atoms with Crippen LogP contribution in [0.15, 0.2) is 47.5 Å². The van der Waals surface area contributed by atoms with Gasteiger partial charge in [0.1, 0.15) is 0 Å². The van der Waals surface area contributed by atoms with E-state index in [9.17, 15) is 8.42 Å². The normalized spacial score (nSPS) is 18.6. The minimum atomic E-state index is -3.12. The van der Waals surface area contributed by atoms with E-state index in [1.54, 1.807) is 12.1 Å². The third-order valence-corrected chi connectivity index (χ3v) is 6.09. The van der Waals surface area contributed by atoms with Crippen LogP contribution in [-0.2, 0) is 22.8 Å². The van der Waals surface area contributed by atoms with E-state index < -0.39 is 9.84 Å². The number of aryl methyl sites for hydroxylation is 2. The maximum Gasteiger partial charge on any atom is 0.175 e. The molecule has 5 heteroatoms. The van der Waals surface area contributed by atoms with Gasteiger partial charge >= 0.3 is 0 Å². The summed E-state index contributed by atoms with van der Waals surface area (Å²) in [5, 5.41) is 0. The molecule has 4 nitrogen and oxygen atoms in total. The zero-order valence-electron chi connectivity index (χ0n) is 15.0. The highest BCUT2D eigenvalue weighted by molar-refractivity contribution is 7.90. The van der Waals surface area contributed by atoms with Crippen LogP contribution in [0.2, 0.25) is 0 Å². The van der Waals surface area contributed by atoms with Crippen molar-refractivity contribution in [1.29, 1.82) is 0 Å². The SMILES string of the molecule is Cc1cc(CC[C@@H]2CCCN2Cc2ccc(S(C)(=O)=O)cc2)ccn1. The van der Waals surface area contributed by atoms with Gasteiger partial charge in [0.25, 0.3) is 0 Å². The van der Waals surface area contributed by atoms with Crippen LogP contribution < -0.4 is 0 Å². The predicted molar refractivity (Wildman–Crippen MR) is 100 cm³/mol. The Morgan fingerprint density at radius 1 is 1.16 bits per heavy atom. The smallest absolute Gasteiger partial charge is 0.175 e. The highest BCUT2D eigenvalue weighted by Gasteiger charge is 2.24. The zero-order chi connectivity index (χ0) is 17.9. The molecule has 0 unspecified atom stereocenters. The zero-order valence-corrected chi connectivity index (χ0v) is 15.8. The molecule has 2 aromatic rings. The van der Waals surface area contributed by atoms with Gasteiger partial charge in [-0.25, -0.2) is 8.42 Å². The molecule has 1 aromatic heterocycles. The van der Waals surface area contributed by atoms with E-state index in [0.717, 1.165) is 31.6 Å². The molecule has 0 radical (unpaired) electrons. The second-order valence-corrected chi connectivity index (χ2v) is 9.04. The van der Waals surface area contributed by atoms with E-state index in [1.165, 1.54) is 30.2 Å². The van der Waals surface area contributed by atoms with E-state index in [2.05, 4.69) is 22.0 Å². The highest BCUT2D eigenvalue weighted by atomic mass is 32.2. The molecule has 2 heterocycles. The largest absolute Gasteiger partial charge is 0.296 e. The van der Waals surface area contributed by atoms with E-state index in [-0.39, 0.29) is 0 Å². The standard InChI is InChI=1S/C20H26N2O2S/c1-16-14-17(11-12-21-16)5-8-19-4-3-13-22(19)15-18-6-9-20(10-7-18)25(2,23)24/h6-7,9-12,14,19H,3-5,8,13,15H2,1-2H3/t19-/m0/s1. The van der Waals surface area contributed by atoms with Gasteiger partial charge in [0, 0.05) is 30.7 Å². The van der Waals surface area contributed by atoms with Crippen LogP contribution in [-0.4, -0.2) is 37.1 Å². The van der Waals surface area contributed by atoms with Crippen LogP contribution in [0.25, 0.3) is 0 Å². The number of benzene rings is 1. The molecule has 1 aliphatic heterocycles. The topological polar surface area (TPSA) is 50.3 Å². The molecule has 1 saturated heterocycles. The maximum absolute atomic E-state index is 11.6. The number of hydrogen-bond acceptors (Lipinski definition) is 4. The first-order chi connectivity index (χ1) is 11.9. The van der Waals surface area contributed by atoms with Gasteiger partial charge in [0.2, 0.25) is 0 Å². The molecule has 3 rings (SSSR count). The lowest BCUT2D eigenvalue weighted by molar-refractivity contribution is 0.234. The first-order valence-corrected chi connectivity index (χ1v) is 10.8. The molecule has 0 bridgehead atoms. The molecule has 1 atom stereocenters. The Labute approximate surface area is 150 Å². The number of likely N-dealkylation sites (tertiary alicyclic amines) is 1. The van der Waals surface area contributed by atoms with Crippen LogP contribution in [0.1, 0.15) is 36.1 Å². The number of hydrogen-bond donors (Lipinski definition) is 0. The molecule has 0 N–H and O–H groups in total. The second-order valence-electron chi connectivity index (χ2n) is 7.03. The lowest BCUT2D eigenvalue weighted by atomic mass is 10.0. The molecule has 1 aliphatic rings. The van der Waals surface area contributed by atoms with Gasteiger partial charge < -0.3 is 0 Å². The third kappa shape index (κ3) is 4.89. The maximum atomic E-state index is 11.6. The first-order valence-electron chi connectivity index (χ1n) is 8.86. The molecular formula is C20H26N2O2S. The van der Waals surface area contributed by atoms with Gasteiger partial charge in [0.15, 0.2) is 9.84 Å². The quantitative estimate of drug-likeness (QED) is 0.794. The highest BCUT2D eigenvalue weighted by Crippen LogP contribution is 2.24. The average Bonchev–Trinajstić information content (AvgIpc) is 3.00. The molecule has 0 aliphatic carbocycles. The fourth-order valence-electron chi connectivity index (χ4n) is 3.60. The summed E-state index contributed by atoms with van der Waals surface area (Å²) in [4.78, 5) is 7.18. The lowest BCUT2D eigenvalue weighted by Crippen LogP contribution is -2.29. The van der Waals surface area contributed by atoms with Gasteiger partial charge in [-0.15, -0.1) is 0 Å². The second kappa shape index (κ2) is 7.67. The van der Waals surface area contributed by atoms with E-state index in [0.29, 0.717) is 10.9 Å². The van der Waals surface area contributed by atoms with Crippen molar-refractivity contribution in [1.82, 2.24) is 9.88 Å². The molecule has 25 heavy (non-hydrogen) atoms. The molecular weight excluding hydrogens is 332 g/mol. The number of sulfone groups is 1. The number of nitrogens with zero attached hydrogens (tertiary/aromatic N) is 2. The lowest BCUT2D eigenvalue weighted by Gasteiger charge is -2.24. The Morgan fingerprint density at radius 3 is 2.60 bits per heavy atom. The van der Waals surface area contributed by atoms with Crippen molar-refractivity contribution < 1.29 is 8.42 Å². The number of rotatable bonds is 6. The van der Waals surface area contributed by atoms with Gasteiger partial charge in [0.05, 0.1) is 4.90 Å². The Kier molecular flexibility index (Phi) is 5.54. The predicted octanol–water partition coefficient (Wildman–Crippen LogP) is 3.39. The summed E-state index contributed by atoms with van der Waals surface area (Å²) in [6, 6.07) is 12.2. The summed E-state index contributed by atoms with van der Waals surface area (Å²) >= 11 is 0. The fourth-order valence-corrected chi connectivity index (χ4v) is 4.23. The van der Waals surface area contributed by atoms with Crippen LogP contribution in [0.4, 0.5) is 0 Å².